The Morgan fingerprint density at radius 3 is 2.73 bits per heavy atom. The second kappa shape index (κ2) is 5.53. The molecule has 1 aromatic carbocycles. The van der Waals surface area contributed by atoms with Crippen LogP contribution >= 0.6 is 11.3 Å². The van der Waals surface area contributed by atoms with Gasteiger partial charge in [-0.05, 0) is 51.0 Å². The molecule has 0 saturated heterocycles. The summed E-state index contributed by atoms with van der Waals surface area (Å²) >= 11 is 1.49. The molecular formula is C16H18N4OS. The number of thiazole rings is 1. The monoisotopic (exact) mass is 314 g/mol. The van der Waals surface area contributed by atoms with Gasteiger partial charge >= 0.3 is 0 Å². The van der Waals surface area contributed by atoms with E-state index in [1.54, 1.807) is 10.7 Å². The molecule has 0 aliphatic heterocycles. The van der Waals surface area contributed by atoms with Crippen LogP contribution in [0.3, 0.4) is 0 Å². The quantitative estimate of drug-likeness (QED) is 0.802. The summed E-state index contributed by atoms with van der Waals surface area (Å²) in [6, 6.07) is 5.98. The van der Waals surface area contributed by atoms with Crippen molar-refractivity contribution in [1.29, 1.82) is 0 Å². The summed E-state index contributed by atoms with van der Waals surface area (Å²) in [7, 11) is 0. The van der Waals surface area contributed by atoms with Crippen molar-refractivity contribution >= 4 is 32.6 Å². The molecule has 0 spiro atoms. The number of nitrogens with one attached hydrogen (secondary N) is 1. The van der Waals surface area contributed by atoms with E-state index in [0.29, 0.717) is 10.8 Å². The molecule has 1 amide bonds. The van der Waals surface area contributed by atoms with Crippen LogP contribution in [0.25, 0.3) is 10.2 Å². The second-order valence-electron chi connectivity index (χ2n) is 5.39. The van der Waals surface area contributed by atoms with Gasteiger partial charge in [-0.25, -0.2) is 4.98 Å². The lowest BCUT2D eigenvalue weighted by Crippen LogP contribution is -2.13. The first kappa shape index (κ1) is 14.7. The molecule has 1 N–H and O–H groups in total. The van der Waals surface area contributed by atoms with E-state index in [4.69, 9.17) is 0 Å². The average molecular weight is 314 g/mol. The molecule has 114 valence electrons. The highest BCUT2D eigenvalue weighted by atomic mass is 32.1. The normalized spacial score (nSPS) is 11.1. The summed E-state index contributed by atoms with van der Waals surface area (Å²) in [5.74, 6) is -0.219. The number of hydrogen-bond acceptors (Lipinski definition) is 4. The lowest BCUT2D eigenvalue weighted by molar-refractivity contribution is 0.102. The molecule has 5 nitrogen and oxygen atoms in total. The fourth-order valence-electron chi connectivity index (χ4n) is 2.53. The van der Waals surface area contributed by atoms with Crippen LogP contribution in [0, 0.1) is 20.8 Å². The van der Waals surface area contributed by atoms with Gasteiger partial charge in [0.25, 0.3) is 5.91 Å². The molecule has 3 rings (SSSR count). The zero-order valence-corrected chi connectivity index (χ0v) is 13.9. The van der Waals surface area contributed by atoms with E-state index in [2.05, 4.69) is 34.5 Å². The summed E-state index contributed by atoms with van der Waals surface area (Å²) in [4.78, 5) is 16.8. The lowest BCUT2D eigenvalue weighted by atomic mass is 10.1. The highest BCUT2D eigenvalue weighted by Crippen LogP contribution is 2.29. The SMILES string of the molecule is CCn1nc(C(=O)Nc2nc3c(C)cc(C)cc3s2)cc1C. The fourth-order valence-corrected chi connectivity index (χ4v) is 3.56. The maximum Gasteiger partial charge on any atom is 0.277 e. The highest BCUT2D eigenvalue weighted by Gasteiger charge is 2.15. The van der Waals surface area contributed by atoms with Crippen LogP contribution in [0.4, 0.5) is 5.13 Å². The van der Waals surface area contributed by atoms with E-state index >= 15 is 0 Å². The van der Waals surface area contributed by atoms with E-state index in [0.717, 1.165) is 28.0 Å². The second-order valence-corrected chi connectivity index (χ2v) is 6.42. The minimum Gasteiger partial charge on any atom is -0.296 e. The Hall–Kier alpha value is -2.21. The van der Waals surface area contributed by atoms with Gasteiger partial charge in [0.2, 0.25) is 0 Å². The van der Waals surface area contributed by atoms with Gasteiger partial charge in [0, 0.05) is 12.2 Å². The van der Waals surface area contributed by atoms with Crippen molar-refractivity contribution in [1.82, 2.24) is 14.8 Å². The Bertz CT molecular complexity index is 863. The Morgan fingerprint density at radius 2 is 2.05 bits per heavy atom. The van der Waals surface area contributed by atoms with Gasteiger partial charge in [-0.3, -0.25) is 14.8 Å². The number of fused-ring (bicyclic) bond motifs is 1. The van der Waals surface area contributed by atoms with Crippen molar-refractivity contribution in [3.8, 4) is 0 Å². The van der Waals surface area contributed by atoms with E-state index in [-0.39, 0.29) is 5.91 Å². The molecule has 2 aromatic heterocycles. The molecule has 0 atom stereocenters. The number of carbonyl (C=O) groups is 1. The number of carbonyl (C=O) groups excluding carboxylic acids is 1. The predicted octanol–water partition coefficient (Wildman–Crippen LogP) is 3.69. The van der Waals surface area contributed by atoms with Gasteiger partial charge in [0.15, 0.2) is 10.8 Å². The number of aromatic nitrogens is 3. The zero-order chi connectivity index (χ0) is 15.9. The number of aryl methyl sites for hydroxylation is 4. The van der Waals surface area contributed by atoms with Gasteiger partial charge in [0.1, 0.15) is 0 Å². The number of nitrogens with zero attached hydrogens (tertiary/aromatic N) is 3. The van der Waals surface area contributed by atoms with E-state index < -0.39 is 0 Å². The standard InChI is InChI=1S/C16H18N4OS/c1-5-20-11(4)8-12(19-20)15(21)18-16-17-14-10(3)6-9(2)7-13(14)22-16/h6-8H,5H2,1-4H3,(H,17,18,21). The maximum atomic E-state index is 12.3. The average Bonchev–Trinajstić information content (AvgIpc) is 3.02. The predicted molar refractivity (Wildman–Crippen MR) is 89.7 cm³/mol. The summed E-state index contributed by atoms with van der Waals surface area (Å²) in [5.41, 5.74) is 4.66. The van der Waals surface area contributed by atoms with Crippen LogP contribution in [0.1, 0.15) is 34.2 Å². The van der Waals surface area contributed by atoms with Crippen LogP contribution in [0.2, 0.25) is 0 Å². The van der Waals surface area contributed by atoms with Gasteiger partial charge in [-0.15, -0.1) is 0 Å². The molecule has 0 saturated carbocycles. The zero-order valence-electron chi connectivity index (χ0n) is 13.1. The van der Waals surface area contributed by atoms with Gasteiger partial charge in [-0.1, -0.05) is 17.4 Å². The third kappa shape index (κ3) is 2.62. The van der Waals surface area contributed by atoms with E-state index in [1.807, 2.05) is 20.8 Å². The van der Waals surface area contributed by atoms with Gasteiger partial charge < -0.3 is 0 Å². The largest absolute Gasteiger partial charge is 0.296 e. The minimum atomic E-state index is -0.219. The summed E-state index contributed by atoms with van der Waals surface area (Å²) in [6.07, 6.45) is 0. The first-order chi connectivity index (χ1) is 10.5. The fraction of sp³-hybridized carbons (Fsp3) is 0.312. The minimum absolute atomic E-state index is 0.219. The molecule has 0 bridgehead atoms. The Balaban J connectivity index is 1.89. The van der Waals surface area contributed by atoms with Crippen molar-refractivity contribution in [2.45, 2.75) is 34.2 Å². The third-order valence-corrected chi connectivity index (χ3v) is 4.48. The smallest absolute Gasteiger partial charge is 0.277 e. The van der Waals surface area contributed by atoms with Crippen LogP contribution < -0.4 is 5.32 Å². The molecule has 6 heteroatoms. The van der Waals surface area contributed by atoms with Crippen molar-refractivity contribution in [2.24, 2.45) is 0 Å². The van der Waals surface area contributed by atoms with Crippen molar-refractivity contribution in [2.75, 3.05) is 5.32 Å². The highest BCUT2D eigenvalue weighted by molar-refractivity contribution is 7.22. The van der Waals surface area contributed by atoms with E-state index in [9.17, 15) is 4.79 Å². The van der Waals surface area contributed by atoms with Crippen molar-refractivity contribution in [3.05, 3.63) is 40.7 Å². The first-order valence-corrected chi connectivity index (χ1v) is 8.03. The van der Waals surface area contributed by atoms with Crippen molar-refractivity contribution in [3.63, 3.8) is 0 Å². The van der Waals surface area contributed by atoms with Crippen LogP contribution in [0.5, 0.6) is 0 Å². The van der Waals surface area contributed by atoms with Gasteiger partial charge in [0.05, 0.1) is 10.2 Å². The summed E-state index contributed by atoms with van der Waals surface area (Å²) in [5, 5.41) is 7.75. The molecule has 2 heterocycles. The molecule has 22 heavy (non-hydrogen) atoms. The number of benzene rings is 1. The topological polar surface area (TPSA) is 59.8 Å². The molecule has 0 fully saturated rings. The molecule has 0 radical (unpaired) electrons. The molecule has 3 aromatic rings. The number of anilines is 1. The Labute approximate surface area is 133 Å². The number of rotatable bonds is 3. The molecule has 0 aliphatic carbocycles. The Morgan fingerprint density at radius 1 is 1.27 bits per heavy atom. The first-order valence-electron chi connectivity index (χ1n) is 7.21. The summed E-state index contributed by atoms with van der Waals surface area (Å²) in [6.45, 7) is 8.79. The van der Waals surface area contributed by atoms with Crippen LogP contribution in [0.15, 0.2) is 18.2 Å². The van der Waals surface area contributed by atoms with Gasteiger partial charge in [-0.2, -0.15) is 5.10 Å². The summed E-state index contributed by atoms with van der Waals surface area (Å²) < 4.78 is 2.89. The number of hydrogen-bond donors (Lipinski definition) is 1. The lowest BCUT2D eigenvalue weighted by Gasteiger charge is -1.98. The molecule has 0 aliphatic rings. The van der Waals surface area contributed by atoms with Crippen LogP contribution in [-0.4, -0.2) is 20.7 Å². The maximum absolute atomic E-state index is 12.3. The molecule has 0 unspecified atom stereocenters. The third-order valence-electron chi connectivity index (χ3n) is 3.56. The molecular weight excluding hydrogens is 296 g/mol. The van der Waals surface area contributed by atoms with Crippen LogP contribution in [-0.2, 0) is 6.54 Å². The van der Waals surface area contributed by atoms with E-state index in [1.165, 1.54) is 16.9 Å². The Kier molecular flexibility index (Phi) is 3.70. The number of amides is 1. The van der Waals surface area contributed by atoms with Crippen molar-refractivity contribution < 1.29 is 4.79 Å².